The topological polar surface area (TPSA) is 47.0 Å². The normalized spacial score (nSPS) is 12.9. The first kappa shape index (κ1) is 13.5. The molecule has 0 saturated carbocycles. The van der Waals surface area contributed by atoms with Crippen molar-refractivity contribution < 1.29 is 4.74 Å². The fourth-order valence-corrected chi connectivity index (χ4v) is 2.20. The van der Waals surface area contributed by atoms with Gasteiger partial charge in [0.2, 0.25) is 0 Å². The van der Waals surface area contributed by atoms with E-state index < -0.39 is 0 Å². The van der Waals surface area contributed by atoms with Crippen LogP contribution in [0.25, 0.3) is 0 Å². The Hall–Kier alpha value is -0.520. The van der Waals surface area contributed by atoms with Crippen LogP contribution in [0.3, 0.4) is 0 Å². The summed E-state index contributed by atoms with van der Waals surface area (Å²) in [6, 6.07) is 0.425. The van der Waals surface area contributed by atoms with Gasteiger partial charge in [-0.1, -0.05) is 19.8 Å². The van der Waals surface area contributed by atoms with Crippen LogP contribution in [0.5, 0.6) is 0 Å². The minimum atomic E-state index is 0.425. The summed E-state index contributed by atoms with van der Waals surface area (Å²) in [5.41, 5.74) is 0. The highest BCUT2D eigenvalue weighted by molar-refractivity contribution is 7.11. The lowest BCUT2D eigenvalue weighted by Crippen LogP contribution is -2.32. The summed E-state index contributed by atoms with van der Waals surface area (Å²) >= 11 is 1.65. The molecule has 0 radical (unpaired) electrons. The quantitative estimate of drug-likeness (QED) is 0.760. The van der Waals surface area contributed by atoms with Gasteiger partial charge in [-0.25, -0.2) is 0 Å². The molecule has 1 aromatic heterocycles. The maximum atomic E-state index is 5.20. The molecule has 0 amide bonds. The minimum Gasteiger partial charge on any atom is -0.383 e. The van der Waals surface area contributed by atoms with Crippen molar-refractivity contribution >= 4 is 11.3 Å². The molecule has 1 heterocycles. The number of unbranched alkanes of at least 4 members (excludes halogenated alkanes) is 1. The van der Waals surface area contributed by atoms with E-state index in [0.29, 0.717) is 6.04 Å². The fourth-order valence-electron chi connectivity index (χ4n) is 1.54. The maximum Gasteiger partial charge on any atom is 0.131 e. The Morgan fingerprint density at radius 3 is 2.81 bits per heavy atom. The maximum absolute atomic E-state index is 5.20. The second kappa shape index (κ2) is 7.70. The van der Waals surface area contributed by atoms with Crippen molar-refractivity contribution in [2.24, 2.45) is 0 Å². The van der Waals surface area contributed by atoms with Gasteiger partial charge in [-0.15, -0.1) is 21.5 Å². The second-order valence-corrected chi connectivity index (χ2v) is 5.16. The van der Waals surface area contributed by atoms with E-state index in [1.807, 2.05) is 6.92 Å². The summed E-state index contributed by atoms with van der Waals surface area (Å²) in [6.07, 6.45) is 3.61. The summed E-state index contributed by atoms with van der Waals surface area (Å²) in [7, 11) is 1.75. The van der Waals surface area contributed by atoms with Crippen molar-refractivity contribution in [1.29, 1.82) is 0 Å². The Bertz CT molecular complexity index is 291. The second-order valence-electron chi connectivity index (χ2n) is 3.89. The lowest BCUT2D eigenvalue weighted by molar-refractivity contribution is 0.160. The Labute approximate surface area is 101 Å². The third kappa shape index (κ3) is 5.01. The molecule has 0 fully saturated rings. The van der Waals surface area contributed by atoms with Gasteiger partial charge in [-0.05, 0) is 13.3 Å². The van der Waals surface area contributed by atoms with Gasteiger partial charge in [0.1, 0.15) is 10.0 Å². The fraction of sp³-hybridized carbons (Fsp3) is 0.818. The van der Waals surface area contributed by atoms with Crippen LogP contribution in [-0.4, -0.2) is 30.0 Å². The molecule has 0 aliphatic heterocycles. The van der Waals surface area contributed by atoms with Gasteiger partial charge in [0.05, 0.1) is 13.2 Å². The number of hydrogen-bond acceptors (Lipinski definition) is 5. The van der Waals surface area contributed by atoms with E-state index in [4.69, 9.17) is 4.74 Å². The van der Waals surface area contributed by atoms with Crippen LogP contribution in [-0.2, 0) is 11.3 Å². The van der Waals surface area contributed by atoms with Gasteiger partial charge in [-0.3, -0.25) is 0 Å². The smallest absolute Gasteiger partial charge is 0.131 e. The van der Waals surface area contributed by atoms with E-state index in [9.17, 15) is 0 Å². The van der Waals surface area contributed by atoms with E-state index in [1.54, 1.807) is 18.4 Å². The van der Waals surface area contributed by atoms with Crippen molar-refractivity contribution in [1.82, 2.24) is 15.5 Å². The van der Waals surface area contributed by atoms with Gasteiger partial charge in [0, 0.05) is 13.2 Å². The predicted molar refractivity (Wildman–Crippen MR) is 66.7 cm³/mol. The zero-order valence-corrected chi connectivity index (χ0v) is 11.1. The summed E-state index contributed by atoms with van der Waals surface area (Å²) < 4.78 is 5.20. The van der Waals surface area contributed by atoms with Crippen LogP contribution >= 0.6 is 11.3 Å². The Kier molecular flexibility index (Phi) is 6.52. The van der Waals surface area contributed by atoms with Crippen molar-refractivity contribution in [2.45, 2.75) is 45.7 Å². The average Bonchev–Trinajstić information content (AvgIpc) is 2.68. The average molecular weight is 243 g/mol. The molecule has 1 N–H and O–H groups in total. The zero-order chi connectivity index (χ0) is 11.8. The molecule has 0 aromatic carbocycles. The number of nitrogens with one attached hydrogen (secondary N) is 1. The monoisotopic (exact) mass is 243 g/mol. The summed E-state index contributed by atoms with van der Waals surface area (Å²) in [5.74, 6) is 0. The van der Waals surface area contributed by atoms with E-state index in [-0.39, 0.29) is 0 Å². The first-order valence-electron chi connectivity index (χ1n) is 5.77. The zero-order valence-electron chi connectivity index (χ0n) is 10.3. The van der Waals surface area contributed by atoms with Gasteiger partial charge in [0.25, 0.3) is 0 Å². The van der Waals surface area contributed by atoms with Crippen molar-refractivity contribution in [2.75, 3.05) is 13.7 Å². The molecule has 1 atom stereocenters. The van der Waals surface area contributed by atoms with Crippen LogP contribution in [0.4, 0.5) is 0 Å². The van der Waals surface area contributed by atoms with Gasteiger partial charge in [0.15, 0.2) is 0 Å². The molecule has 5 heteroatoms. The summed E-state index contributed by atoms with van der Waals surface area (Å²) in [5, 5.41) is 13.6. The van der Waals surface area contributed by atoms with E-state index in [2.05, 4.69) is 22.4 Å². The summed E-state index contributed by atoms with van der Waals surface area (Å²) in [4.78, 5) is 0. The third-order valence-electron chi connectivity index (χ3n) is 2.38. The molecule has 0 saturated heterocycles. The lowest BCUT2D eigenvalue weighted by atomic mass is 10.1. The van der Waals surface area contributed by atoms with Gasteiger partial charge < -0.3 is 10.1 Å². The number of nitrogens with zero attached hydrogens (tertiary/aromatic N) is 2. The van der Waals surface area contributed by atoms with Crippen LogP contribution < -0.4 is 5.32 Å². The number of ether oxygens (including phenoxy) is 1. The molecule has 16 heavy (non-hydrogen) atoms. The highest BCUT2D eigenvalue weighted by Crippen LogP contribution is 2.08. The number of hydrogen-bond donors (Lipinski definition) is 1. The van der Waals surface area contributed by atoms with Gasteiger partial charge in [-0.2, -0.15) is 0 Å². The lowest BCUT2D eigenvalue weighted by Gasteiger charge is -2.16. The molecule has 0 bridgehead atoms. The van der Waals surface area contributed by atoms with Crippen LogP contribution in [0.1, 0.15) is 36.2 Å². The first-order chi connectivity index (χ1) is 7.76. The highest BCUT2D eigenvalue weighted by Gasteiger charge is 2.08. The number of aromatic nitrogens is 2. The Morgan fingerprint density at radius 1 is 1.44 bits per heavy atom. The summed E-state index contributed by atoms with van der Waals surface area (Å²) in [6.45, 7) is 5.74. The molecule has 1 aromatic rings. The van der Waals surface area contributed by atoms with Crippen LogP contribution in [0.15, 0.2) is 0 Å². The number of methoxy groups -OCH3 is 1. The SMILES string of the molecule is CCCCC(COC)NCc1nnc(C)s1. The molecule has 0 aliphatic rings. The van der Waals surface area contributed by atoms with Crippen LogP contribution in [0.2, 0.25) is 0 Å². The molecule has 1 rings (SSSR count). The third-order valence-corrected chi connectivity index (χ3v) is 3.22. The molecule has 4 nitrogen and oxygen atoms in total. The van der Waals surface area contributed by atoms with Crippen molar-refractivity contribution in [3.8, 4) is 0 Å². The molecule has 1 unspecified atom stereocenters. The highest BCUT2D eigenvalue weighted by atomic mass is 32.1. The minimum absolute atomic E-state index is 0.425. The first-order valence-corrected chi connectivity index (χ1v) is 6.59. The molecule has 0 spiro atoms. The van der Waals surface area contributed by atoms with Crippen molar-refractivity contribution in [3.63, 3.8) is 0 Å². The van der Waals surface area contributed by atoms with Crippen molar-refractivity contribution in [3.05, 3.63) is 10.0 Å². The molecular formula is C11H21N3OS. The van der Waals surface area contributed by atoms with E-state index >= 15 is 0 Å². The van der Waals surface area contributed by atoms with E-state index in [1.165, 1.54) is 12.8 Å². The predicted octanol–water partition coefficient (Wildman–Crippen LogP) is 2.14. The Morgan fingerprint density at radius 2 is 2.25 bits per heavy atom. The van der Waals surface area contributed by atoms with Crippen LogP contribution in [0, 0.1) is 6.92 Å². The molecule has 0 aliphatic carbocycles. The molecule has 92 valence electrons. The van der Waals surface area contributed by atoms with E-state index in [0.717, 1.165) is 29.6 Å². The number of aryl methyl sites for hydroxylation is 1. The Balaban J connectivity index is 2.30. The van der Waals surface area contributed by atoms with Gasteiger partial charge >= 0.3 is 0 Å². The standard InChI is InChI=1S/C11H21N3OS/c1-4-5-6-10(8-15-3)12-7-11-14-13-9(2)16-11/h10,12H,4-8H2,1-3H3. The largest absolute Gasteiger partial charge is 0.383 e. The molecular weight excluding hydrogens is 222 g/mol. The number of rotatable bonds is 8.